The molecule has 1 heterocycles. The maximum absolute atomic E-state index is 9.77. The van der Waals surface area contributed by atoms with Crippen molar-refractivity contribution in [3.05, 3.63) is 0 Å². The molecule has 1 fully saturated rings. The Morgan fingerprint density at radius 3 is 2.50 bits per heavy atom. The van der Waals surface area contributed by atoms with Crippen LogP contribution in [0.3, 0.4) is 0 Å². The molecule has 0 aliphatic carbocycles. The normalized spacial score (nSPS) is 23.7. The second kappa shape index (κ2) is 1.34. The molecule has 1 rings (SSSR count). The van der Waals surface area contributed by atoms with Crippen LogP contribution in [0.1, 0.15) is 0 Å². The number of alkyl halides is 1. The molecule has 0 bridgehead atoms. The summed E-state index contributed by atoms with van der Waals surface area (Å²) in [4.78, 5) is 9.77. The minimum absolute atomic E-state index is 0.584. The van der Waals surface area contributed by atoms with Crippen molar-refractivity contribution < 1.29 is 9.90 Å². The van der Waals surface area contributed by atoms with Gasteiger partial charge in [0, 0.05) is 0 Å². The Morgan fingerprint density at radius 1 is 2.00 bits per heavy atom. The Labute approximate surface area is 42.5 Å². The van der Waals surface area contributed by atoms with Crippen molar-refractivity contribution in [3.8, 4) is 0 Å². The molecule has 3 nitrogen and oxygen atoms in total. The van der Waals surface area contributed by atoms with Gasteiger partial charge in [0.25, 0.3) is 0 Å². The van der Waals surface area contributed by atoms with Crippen LogP contribution in [0.25, 0.3) is 0 Å². The summed E-state index contributed by atoms with van der Waals surface area (Å²) in [7, 11) is 0. The summed E-state index contributed by atoms with van der Waals surface area (Å²) < 4.78 is 3.01. The number of hydrogen-bond donors (Lipinski definition) is 2. The Kier molecular flexibility index (Phi) is 0.966. The molecule has 1 aliphatic rings. The number of hydrogen-bond acceptors (Lipinski definition) is 2. The van der Waals surface area contributed by atoms with Crippen LogP contribution in [0.4, 0.5) is 4.79 Å². The van der Waals surface area contributed by atoms with E-state index in [1.54, 1.807) is 0 Å². The van der Waals surface area contributed by atoms with E-state index in [1.807, 2.05) is 0 Å². The van der Waals surface area contributed by atoms with Crippen LogP contribution in [-0.2, 0) is 0 Å². The van der Waals surface area contributed by atoms with Gasteiger partial charge in [-0.1, -0.05) is 0 Å². The molecule has 0 radical (unpaired) electrons. The first kappa shape index (κ1) is 4.32. The van der Waals surface area contributed by atoms with Crippen LogP contribution in [-0.4, -0.2) is 13.6 Å². The summed E-state index contributed by atoms with van der Waals surface area (Å²) in [5.74, 6) is 0. The first-order chi connectivity index (χ1) is 2.80. The van der Waals surface area contributed by atoms with Crippen molar-refractivity contribution in [1.29, 1.82) is 0 Å². The Balaban J connectivity index is 2.31. The van der Waals surface area contributed by atoms with Gasteiger partial charge in [0.15, 0.2) is 0 Å². The molecule has 2 N–H and O–H groups in total. The van der Waals surface area contributed by atoms with Gasteiger partial charge >= 0.3 is 42.1 Å². The van der Waals surface area contributed by atoms with Crippen LogP contribution in [0.5, 0.6) is 0 Å². The molecule has 1 saturated heterocycles. The van der Waals surface area contributed by atoms with Crippen molar-refractivity contribution >= 4 is 24.1 Å². The molecule has 0 aromatic carbocycles. The van der Waals surface area contributed by atoms with Gasteiger partial charge in [0.2, 0.25) is 0 Å². The van der Waals surface area contributed by atoms with E-state index < -0.39 is 24.1 Å². The summed E-state index contributed by atoms with van der Waals surface area (Å²) >= 11 is -1.47. The zero-order chi connectivity index (χ0) is 4.57. The standard InChI is InChI=1S/C2H4INO2/c5-2(6)3-1-4-3/h4H,1H2,(H,5,6). The topological polar surface area (TPSA) is 59.2 Å². The minimum atomic E-state index is -1.47. The molecule has 0 unspecified atom stereocenters. The first-order valence-corrected chi connectivity index (χ1v) is 5.11. The molecule has 0 amide bonds. The van der Waals surface area contributed by atoms with E-state index >= 15 is 0 Å². The molecule has 0 aromatic rings. The third-order valence-corrected chi connectivity index (χ3v) is 3.10. The molecule has 36 valence electrons. The maximum atomic E-state index is 9.77. The van der Waals surface area contributed by atoms with Crippen LogP contribution >= 0.6 is 20.1 Å². The zero-order valence-electron chi connectivity index (χ0n) is 2.94. The van der Waals surface area contributed by atoms with Gasteiger partial charge in [-0.2, -0.15) is 0 Å². The van der Waals surface area contributed by atoms with Gasteiger partial charge in [-0.05, 0) is 0 Å². The molecule has 4 heteroatoms. The monoisotopic (exact) mass is 201 g/mol. The second-order valence-corrected chi connectivity index (χ2v) is 5.40. The van der Waals surface area contributed by atoms with E-state index in [0.717, 1.165) is 4.55 Å². The fourth-order valence-corrected chi connectivity index (χ4v) is 1.90. The third kappa shape index (κ3) is 0.810. The van der Waals surface area contributed by atoms with Gasteiger partial charge < -0.3 is 0 Å². The SMILES string of the molecule is O=C(O)I1CN1. The molecule has 0 spiro atoms. The van der Waals surface area contributed by atoms with Gasteiger partial charge in [-0.15, -0.1) is 0 Å². The van der Waals surface area contributed by atoms with Gasteiger partial charge in [0.05, 0.1) is 0 Å². The summed E-state index contributed by atoms with van der Waals surface area (Å²) in [6.45, 7) is 0. The fraction of sp³-hybridized carbons (Fsp3) is 0.500. The van der Waals surface area contributed by atoms with Crippen LogP contribution in [0.15, 0.2) is 0 Å². The predicted octanol–water partition coefficient (Wildman–Crippen LogP) is 0.647. The van der Waals surface area contributed by atoms with Crippen LogP contribution in [0, 0.1) is 0 Å². The fourth-order valence-electron chi connectivity index (χ4n) is 0.140. The Bertz CT molecular complexity index is 79.6. The third-order valence-electron chi connectivity index (χ3n) is 0.462. The van der Waals surface area contributed by atoms with E-state index in [1.165, 1.54) is 0 Å². The number of rotatable bonds is 1. The summed E-state index contributed by atoms with van der Waals surface area (Å²) in [6, 6.07) is 0. The van der Waals surface area contributed by atoms with Crippen molar-refractivity contribution in [2.75, 3.05) is 4.55 Å². The molecule has 0 aromatic heterocycles. The van der Waals surface area contributed by atoms with E-state index in [0.29, 0.717) is 0 Å². The van der Waals surface area contributed by atoms with Gasteiger partial charge in [0.1, 0.15) is 0 Å². The average molecular weight is 201 g/mol. The quantitative estimate of drug-likeness (QED) is 0.163. The molecular formula is C2H4INO2. The number of carboxylic acid groups (broad SMARTS) is 1. The summed E-state index contributed by atoms with van der Waals surface area (Å²) in [6.07, 6.45) is 0. The molecular weight excluding hydrogens is 197 g/mol. The summed E-state index contributed by atoms with van der Waals surface area (Å²) in [5.41, 5.74) is 0. The number of halogens is 1. The molecule has 6 heavy (non-hydrogen) atoms. The Hall–Kier alpha value is 0.160. The Morgan fingerprint density at radius 2 is 2.50 bits per heavy atom. The predicted molar refractivity (Wildman–Crippen MR) is 30.0 cm³/mol. The van der Waals surface area contributed by atoms with E-state index in [9.17, 15) is 4.79 Å². The van der Waals surface area contributed by atoms with Crippen molar-refractivity contribution in [3.63, 3.8) is 0 Å². The summed E-state index contributed by atoms with van der Waals surface area (Å²) in [5, 5.41) is 8.06. The van der Waals surface area contributed by atoms with Gasteiger partial charge in [-0.3, -0.25) is 0 Å². The number of carbonyl (C=O) groups is 1. The van der Waals surface area contributed by atoms with E-state index in [4.69, 9.17) is 5.11 Å². The van der Waals surface area contributed by atoms with Crippen molar-refractivity contribution in [2.45, 2.75) is 0 Å². The number of nitrogens with one attached hydrogen (secondary N) is 1. The zero-order valence-corrected chi connectivity index (χ0v) is 5.10. The molecule has 1 aliphatic heterocycles. The van der Waals surface area contributed by atoms with E-state index in [-0.39, 0.29) is 0 Å². The average Bonchev–Trinajstić information content (AvgIpc) is 2.06. The first-order valence-electron chi connectivity index (χ1n) is 1.43. The van der Waals surface area contributed by atoms with Gasteiger partial charge in [-0.25, -0.2) is 0 Å². The van der Waals surface area contributed by atoms with Crippen molar-refractivity contribution in [1.82, 2.24) is 3.53 Å². The van der Waals surface area contributed by atoms with E-state index in [2.05, 4.69) is 3.53 Å². The second-order valence-electron chi connectivity index (χ2n) is 0.882. The van der Waals surface area contributed by atoms with Crippen LogP contribution < -0.4 is 3.53 Å². The molecule has 0 atom stereocenters. The van der Waals surface area contributed by atoms with Crippen LogP contribution in [0.2, 0.25) is 0 Å². The van der Waals surface area contributed by atoms with Crippen molar-refractivity contribution in [2.24, 2.45) is 0 Å². The molecule has 0 saturated carbocycles.